The number of rotatable bonds is 1. The Hall–Kier alpha value is -1.26. The molecule has 2 rings (SSSR count). The normalized spacial score (nSPS) is 19.5. The van der Waals surface area contributed by atoms with E-state index in [4.69, 9.17) is 4.74 Å². The van der Waals surface area contributed by atoms with Crippen molar-refractivity contribution >= 4 is 0 Å². The number of benzene rings is 1. The zero-order valence-electron chi connectivity index (χ0n) is 6.79. The van der Waals surface area contributed by atoms with Gasteiger partial charge in [0.2, 0.25) is 0 Å². The second kappa shape index (κ2) is 3.42. The van der Waals surface area contributed by atoms with Crippen LogP contribution in [-0.2, 0) is 4.74 Å². The van der Waals surface area contributed by atoms with Gasteiger partial charge in [-0.2, -0.15) is 0 Å². The van der Waals surface area contributed by atoms with E-state index >= 15 is 0 Å². The zero-order valence-corrected chi connectivity index (χ0v) is 6.79. The highest BCUT2D eigenvalue weighted by molar-refractivity contribution is 5.33. The van der Waals surface area contributed by atoms with Crippen LogP contribution in [0.3, 0.4) is 0 Å². The average Bonchev–Trinajstić information content (AvgIpc) is 2.90. The van der Waals surface area contributed by atoms with Gasteiger partial charge in [-0.25, -0.2) is 0 Å². The lowest BCUT2D eigenvalue weighted by Gasteiger charge is -1.85. The van der Waals surface area contributed by atoms with Crippen LogP contribution in [-0.4, -0.2) is 12.7 Å². The van der Waals surface area contributed by atoms with Crippen molar-refractivity contribution in [3.8, 4) is 11.8 Å². The van der Waals surface area contributed by atoms with Crippen molar-refractivity contribution in [1.29, 1.82) is 0 Å². The topological polar surface area (TPSA) is 12.5 Å². The molecule has 0 N–H and O–H groups in total. The van der Waals surface area contributed by atoms with E-state index in [0.717, 1.165) is 18.6 Å². The highest BCUT2D eigenvalue weighted by Crippen LogP contribution is 2.11. The van der Waals surface area contributed by atoms with E-state index < -0.39 is 0 Å². The predicted molar refractivity (Wildman–Crippen MR) is 47.7 cm³/mol. The highest BCUT2D eigenvalue weighted by Gasteiger charge is 2.20. The summed E-state index contributed by atoms with van der Waals surface area (Å²) in [5, 5.41) is 0. The van der Waals surface area contributed by atoms with Gasteiger partial charge in [-0.1, -0.05) is 30.0 Å². The van der Waals surface area contributed by atoms with Crippen LogP contribution >= 0.6 is 0 Å². The van der Waals surface area contributed by atoms with Gasteiger partial charge in [0.1, 0.15) is 0 Å². The Morgan fingerprint density at radius 1 is 1.33 bits per heavy atom. The summed E-state index contributed by atoms with van der Waals surface area (Å²) in [5.74, 6) is 6.17. The van der Waals surface area contributed by atoms with Crippen molar-refractivity contribution in [2.75, 3.05) is 6.61 Å². The summed E-state index contributed by atoms with van der Waals surface area (Å²) in [7, 11) is 0. The second-order valence-corrected chi connectivity index (χ2v) is 2.83. The molecule has 1 heteroatoms. The lowest BCUT2D eigenvalue weighted by atomic mass is 10.2. The van der Waals surface area contributed by atoms with Crippen LogP contribution in [0, 0.1) is 11.8 Å². The van der Waals surface area contributed by atoms with E-state index in [1.165, 1.54) is 0 Å². The van der Waals surface area contributed by atoms with Crippen molar-refractivity contribution in [3.05, 3.63) is 35.9 Å². The van der Waals surface area contributed by atoms with E-state index in [2.05, 4.69) is 11.8 Å². The van der Waals surface area contributed by atoms with Gasteiger partial charge in [0.15, 0.2) is 0 Å². The summed E-state index contributed by atoms with van der Waals surface area (Å²) >= 11 is 0. The third-order valence-electron chi connectivity index (χ3n) is 1.74. The summed E-state index contributed by atoms with van der Waals surface area (Å²) in [5.41, 5.74) is 1.08. The molecule has 1 aliphatic heterocycles. The SMILES string of the molecule is C(#Cc1ccccc1)CC1CO1. The molecule has 0 bridgehead atoms. The lowest BCUT2D eigenvalue weighted by molar-refractivity contribution is 0.412. The lowest BCUT2D eigenvalue weighted by Crippen LogP contribution is -1.79. The van der Waals surface area contributed by atoms with Crippen LogP contribution in [0.15, 0.2) is 30.3 Å². The van der Waals surface area contributed by atoms with Gasteiger partial charge < -0.3 is 4.74 Å². The predicted octanol–water partition coefficient (Wildman–Crippen LogP) is 1.83. The first-order valence-corrected chi connectivity index (χ1v) is 4.11. The minimum absolute atomic E-state index is 0.418. The Morgan fingerprint density at radius 3 is 2.75 bits per heavy atom. The standard InChI is InChI=1S/C11H10O/c1-2-5-10(6-3-1)7-4-8-11-9-12-11/h1-3,5-6,11H,8-9H2. The Kier molecular flexibility index (Phi) is 2.11. The van der Waals surface area contributed by atoms with Gasteiger partial charge in [-0.3, -0.25) is 0 Å². The number of hydrogen-bond donors (Lipinski definition) is 0. The van der Waals surface area contributed by atoms with Crippen molar-refractivity contribution in [3.63, 3.8) is 0 Å². The van der Waals surface area contributed by atoms with Crippen LogP contribution < -0.4 is 0 Å². The van der Waals surface area contributed by atoms with Gasteiger partial charge in [0.05, 0.1) is 12.7 Å². The molecule has 0 spiro atoms. The average molecular weight is 158 g/mol. The van der Waals surface area contributed by atoms with Gasteiger partial charge in [-0.05, 0) is 12.1 Å². The Morgan fingerprint density at radius 2 is 2.08 bits per heavy atom. The third-order valence-corrected chi connectivity index (χ3v) is 1.74. The first kappa shape index (κ1) is 7.39. The molecule has 60 valence electrons. The summed E-state index contributed by atoms with van der Waals surface area (Å²) in [6.45, 7) is 0.892. The highest BCUT2D eigenvalue weighted by atomic mass is 16.6. The van der Waals surface area contributed by atoms with Crippen molar-refractivity contribution in [2.45, 2.75) is 12.5 Å². The fourth-order valence-electron chi connectivity index (χ4n) is 0.974. The maximum atomic E-state index is 5.04. The molecule has 12 heavy (non-hydrogen) atoms. The summed E-state index contributed by atoms with van der Waals surface area (Å²) < 4.78 is 5.04. The third kappa shape index (κ3) is 2.11. The number of epoxide rings is 1. The van der Waals surface area contributed by atoms with Gasteiger partial charge in [0.25, 0.3) is 0 Å². The van der Waals surface area contributed by atoms with Crippen molar-refractivity contribution in [2.24, 2.45) is 0 Å². The molecule has 1 aromatic carbocycles. The largest absolute Gasteiger partial charge is 0.372 e. The van der Waals surface area contributed by atoms with Gasteiger partial charge in [-0.15, -0.1) is 0 Å². The molecule has 0 amide bonds. The molecule has 1 fully saturated rings. The first-order valence-electron chi connectivity index (χ1n) is 4.11. The molecule has 1 unspecified atom stereocenters. The number of hydrogen-bond acceptors (Lipinski definition) is 1. The first-order chi connectivity index (χ1) is 5.95. The molecule has 1 atom stereocenters. The Balaban J connectivity index is 1.95. The van der Waals surface area contributed by atoms with E-state index in [-0.39, 0.29) is 0 Å². The van der Waals surface area contributed by atoms with E-state index in [9.17, 15) is 0 Å². The maximum Gasteiger partial charge on any atom is 0.0918 e. The summed E-state index contributed by atoms with van der Waals surface area (Å²) in [4.78, 5) is 0. The summed E-state index contributed by atoms with van der Waals surface area (Å²) in [6.07, 6.45) is 1.29. The molecule has 0 aromatic heterocycles. The maximum absolute atomic E-state index is 5.04. The fraction of sp³-hybridized carbons (Fsp3) is 0.273. The minimum atomic E-state index is 0.418. The van der Waals surface area contributed by atoms with Crippen LogP contribution in [0.5, 0.6) is 0 Å². The summed E-state index contributed by atoms with van der Waals surface area (Å²) in [6, 6.07) is 10.0. The monoisotopic (exact) mass is 158 g/mol. The molecule has 0 radical (unpaired) electrons. The smallest absolute Gasteiger partial charge is 0.0918 e. The van der Waals surface area contributed by atoms with Gasteiger partial charge >= 0.3 is 0 Å². The molecule has 0 saturated carbocycles. The molecular weight excluding hydrogens is 148 g/mol. The molecule has 1 nitrogen and oxygen atoms in total. The van der Waals surface area contributed by atoms with Crippen molar-refractivity contribution < 1.29 is 4.74 Å². The van der Waals surface area contributed by atoms with E-state index in [0.29, 0.717) is 6.10 Å². The molecule has 1 saturated heterocycles. The van der Waals surface area contributed by atoms with E-state index in [1.54, 1.807) is 0 Å². The van der Waals surface area contributed by atoms with Gasteiger partial charge in [0, 0.05) is 12.0 Å². The van der Waals surface area contributed by atoms with E-state index in [1.807, 2.05) is 30.3 Å². The molecular formula is C11H10O. The van der Waals surface area contributed by atoms with Crippen LogP contribution in [0.4, 0.5) is 0 Å². The second-order valence-electron chi connectivity index (χ2n) is 2.83. The minimum Gasteiger partial charge on any atom is -0.372 e. The van der Waals surface area contributed by atoms with Crippen LogP contribution in [0.25, 0.3) is 0 Å². The molecule has 1 heterocycles. The quantitative estimate of drug-likeness (QED) is 0.448. The molecule has 1 aliphatic rings. The molecule has 1 aromatic rings. The van der Waals surface area contributed by atoms with Crippen molar-refractivity contribution in [1.82, 2.24) is 0 Å². The van der Waals surface area contributed by atoms with Crippen LogP contribution in [0.1, 0.15) is 12.0 Å². The fourth-order valence-corrected chi connectivity index (χ4v) is 0.974. The van der Waals surface area contributed by atoms with Crippen LogP contribution in [0.2, 0.25) is 0 Å². The molecule has 0 aliphatic carbocycles. The Bertz CT molecular complexity index is 301. The number of ether oxygens (including phenoxy) is 1. The zero-order chi connectivity index (χ0) is 8.23. The Labute approximate surface area is 72.4 Å².